The molecule has 1 unspecified atom stereocenters. The smallest absolute Gasteiger partial charge is 0.304 e. The molecular weight excluding hydrogens is 370 g/mol. The van der Waals surface area contributed by atoms with Crippen molar-refractivity contribution in [2.45, 2.75) is 25.3 Å². The average Bonchev–Trinajstić information content (AvgIpc) is 3.09. The molecule has 0 aliphatic rings. The first kappa shape index (κ1) is 16.8. The van der Waals surface area contributed by atoms with Crippen molar-refractivity contribution in [3.05, 3.63) is 45.0 Å². The molecule has 0 aliphatic heterocycles. The third-order valence-corrected chi connectivity index (χ3v) is 4.70. The van der Waals surface area contributed by atoms with E-state index in [1.165, 1.54) is 11.3 Å². The number of furan rings is 1. The number of rotatable bonds is 7. The lowest BCUT2D eigenvalue weighted by atomic mass is 9.99. The normalized spacial score (nSPS) is 12.1. The van der Waals surface area contributed by atoms with Gasteiger partial charge >= 0.3 is 5.97 Å². The van der Waals surface area contributed by atoms with Gasteiger partial charge in [-0.15, -0.1) is 11.3 Å². The number of hydrogen-bond donors (Lipinski definition) is 1. The first-order valence-corrected chi connectivity index (χ1v) is 8.36. The Morgan fingerprint density at radius 3 is 2.68 bits per heavy atom. The van der Waals surface area contributed by atoms with Gasteiger partial charge in [-0.2, -0.15) is 0 Å². The first-order valence-electron chi connectivity index (χ1n) is 6.69. The molecule has 7 heteroatoms. The summed E-state index contributed by atoms with van der Waals surface area (Å²) >= 11 is 4.69. The van der Waals surface area contributed by atoms with Crippen molar-refractivity contribution in [2.75, 3.05) is 7.05 Å². The molecule has 118 valence electrons. The van der Waals surface area contributed by atoms with Crippen LogP contribution in [0.25, 0.3) is 0 Å². The summed E-state index contributed by atoms with van der Waals surface area (Å²) in [7, 11) is 1.69. The molecule has 2 aromatic rings. The van der Waals surface area contributed by atoms with E-state index in [0.29, 0.717) is 17.0 Å². The monoisotopic (exact) mass is 385 g/mol. The summed E-state index contributed by atoms with van der Waals surface area (Å²) in [6.45, 7) is 0.356. The number of carboxylic acid groups (broad SMARTS) is 1. The fourth-order valence-electron chi connectivity index (χ4n) is 2.13. The molecule has 1 atom stereocenters. The Hall–Kier alpha value is -1.60. The summed E-state index contributed by atoms with van der Waals surface area (Å²) in [4.78, 5) is 25.8. The lowest BCUT2D eigenvalue weighted by Crippen LogP contribution is -2.27. The summed E-state index contributed by atoms with van der Waals surface area (Å²) in [6, 6.07) is 7.30. The van der Waals surface area contributed by atoms with E-state index in [1.54, 1.807) is 24.1 Å². The maximum Gasteiger partial charge on any atom is 0.304 e. The van der Waals surface area contributed by atoms with Crippen LogP contribution in [0.1, 0.15) is 29.4 Å². The van der Waals surface area contributed by atoms with Gasteiger partial charge < -0.3 is 14.4 Å². The minimum atomic E-state index is -0.899. The van der Waals surface area contributed by atoms with Gasteiger partial charge in [-0.05, 0) is 39.5 Å². The van der Waals surface area contributed by atoms with Gasteiger partial charge in [0, 0.05) is 24.3 Å². The van der Waals surface area contributed by atoms with Crippen molar-refractivity contribution in [2.24, 2.45) is 0 Å². The van der Waals surface area contributed by atoms with Crippen molar-refractivity contribution < 1.29 is 19.1 Å². The topological polar surface area (TPSA) is 70.8 Å². The maximum absolute atomic E-state index is 12.3. The lowest BCUT2D eigenvalue weighted by molar-refractivity contribution is -0.137. The highest BCUT2D eigenvalue weighted by molar-refractivity contribution is 9.10. The number of hydrogen-bond acceptors (Lipinski definition) is 4. The first-order chi connectivity index (χ1) is 10.5. The van der Waals surface area contributed by atoms with Crippen LogP contribution in [0, 0.1) is 0 Å². The predicted octanol–water partition coefficient (Wildman–Crippen LogP) is 3.71. The molecule has 0 radical (unpaired) electrons. The molecule has 22 heavy (non-hydrogen) atoms. The highest BCUT2D eigenvalue weighted by Gasteiger charge is 2.22. The molecular formula is C15H16BrNO4S. The van der Waals surface area contributed by atoms with E-state index >= 15 is 0 Å². The van der Waals surface area contributed by atoms with Gasteiger partial charge in [0.25, 0.3) is 0 Å². The van der Waals surface area contributed by atoms with Crippen LogP contribution in [0.4, 0.5) is 0 Å². The molecule has 1 amide bonds. The van der Waals surface area contributed by atoms with Gasteiger partial charge in [-0.1, -0.05) is 6.07 Å². The Bertz CT molecular complexity index is 638. The molecule has 0 fully saturated rings. The molecule has 0 bridgehead atoms. The number of aliphatic carboxylic acids is 1. The third kappa shape index (κ3) is 4.71. The SMILES string of the molecule is CN(Cc1ccc(Br)o1)C(=O)CC(CC(=O)O)c1cccs1. The molecule has 0 saturated heterocycles. The van der Waals surface area contributed by atoms with Crippen LogP contribution in [-0.4, -0.2) is 28.9 Å². The van der Waals surface area contributed by atoms with Crippen molar-refractivity contribution >= 4 is 39.1 Å². The van der Waals surface area contributed by atoms with Crippen LogP contribution in [-0.2, 0) is 16.1 Å². The van der Waals surface area contributed by atoms with E-state index in [-0.39, 0.29) is 24.7 Å². The number of halogens is 1. The second-order valence-corrected chi connectivity index (χ2v) is 6.73. The zero-order valence-electron chi connectivity index (χ0n) is 12.0. The summed E-state index contributed by atoms with van der Waals surface area (Å²) in [5, 5.41) is 10.9. The zero-order chi connectivity index (χ0) is 16.1. The van der Waals surface area contributed by atoms with Gasteiger partial charge in [-0.25, -0.2) is 0 Å². The fourth-order valence-corrected chi connectivity index (χ4v) is 3.30. The standard InChI is InChI=1S/C15H16BrNO4S/c1-17(9-11-4-5-13(16)21-11)14(18)7-10(8-15(19)20)12-3-2-6-22-12/h2-6,10H,7-9H2,1H3,(H,19,20). The van der Waals surface area contributed by atoms with Crippen LogP contribution in [0.3, 0.4) is 0 Å². The Balaban J connectivity index is 1.99. The lowest BCUT2D eigenvalue weighted by Gasteiger charge is -2.19. The third-order valence-electron chi connectivity index (χ3n) is 3.24. The Morgan fingerprint density at radius 2 is 2.14 bits per heavy atom. The second kappa shape index (κ2) is 7.60. The zero-order valence-corrected chi connectivity index (χ0v) is 14.4. The van der Waals surface area contributed by atoms with Crippen LogP contribution in [0.5, 0.6) is 0 Å². The van der Waals surface area contributed by atoms with E-state index in [9.17, 15) is 9.59 Å². The van der Waals surface area contributed by atoms with Crippen molar-refractivity contribution in [3.8, 4) is 0 Å². The molecule has 5 nitrogen and oxygen atoms in total. The van der Waals surface area contributed by atoms with E-state index in [2.05, 4.69) is 15.9 Å². The second-order valence-electron chi connectivity index (χ2n) is 4.97. The summed E-state index contributed by atoms with van der Waals surface area (Å²) in [6.07, 6.45) is 0.123. The molecule has 2 aromatic heterocycles. The number of nitrogens with zero attached hydrogens (tertiary/aromatic N) is 1. The van der Waals surface area contributed by atoms with Gasteiger partial charge in [0.05, 0.1) is 13.0 Å². The Morgan fingerprint density at radius 1 is 1.36 bits per heavy atom. The minimum absolute atomic E-state index is 0.0492. The van der Waals surface area contributed by atoms with Crippen molar-refractivity contribution in [1.29, 1.82) is 0 Å². The summed E-state index contributed by atoms with van der Waals surface area (Å²) in [5.74, 6) is -0.625. The average molecular weight is 386 g/mol. The number of carboxylic acids is 1. The van der Waals surface area contributed by atoms with E-state index < -0.39 is 5.97 Å². The van der Waals surface area contributed by atoms with Crippen LogP contribution in [0.2, 0.25) is 0 Å². The molecule has 1 N–H and O–H groups in total. The molecule has 2 heterocycles. The van der Waals surface area contributed by atoms with E-state index in [1.807, 2.05) is 17.5 Å². The summed E-state index contributed by atoms with van der Waals surface area (Å²) < 4.78 is 5.99. The summed E-state index contributed by atoms with van der Waals surface area (Å²) in [5.41, 5.74) is 0. The quantitative estimate of drug-likeness (QED) is 0.788. The van der Waals surface area contributed by atoms with Crippen molar-refractivity contribution in [1.82, 2.24) is 4.90 Å². The number of thiophene rings is 1. The number of carbonyl (C=O) groups excluding carboxylic acids is 1. The van der Waals surface area contributed by atoms with Gasteiger partial charge in [0.1, 0.15) is 5.76 Å². The minimum Gasteiger partial charge on any atom is -0.481 e. The molecule has 0 spiro atoms. The molecule has 0 saturated carbocycles. The van der Waals surface area contributed by atoms with E-state index in [4.69, 9.17) is 9.52 Å². The molecule has 0 aromatic carbocycles. The Kier molecular flexibility index (Phi) is 5.79. The van der Waals surface area contributed by atoms with Crippen LogP contribution < -0.4 is 0 Å². The number of amides is 1. The molecule has 0 aliphatic carbocycles. The Labute approximate surface area is 140 Å². The van der Waals surface area contributed by atoms with Crippen LogP contribution in [0.15, 0.2) is 38.7 Å². The van der Waals surface area contributed by atoms with Crippen molar-refractivity contribution in [3.63, 3.8) is 0 Å². The highest BCUT2D eigenvalue weighted by Crippen LogP contribution is 2.28. The van der Waals surface area contributed by atoms with E-state index in [0.717, 1.165) is 4.88 Å². The number of carbonyl (C=O) groups is 2. The predicted molar refractivity (Wildman–Crippen MR) is 86.8 cm³/mol. The maximum atomic E-state index is 12.3. The fraction of sp³-hybridized carbons (Fsp3) is 0.333. The highest BCUT2D eigenvalue weighted by atomic mass is 79.9. The molecule has 2 rings (SSSR count). The van der Waals surface area contributed by atoms with Crippen LogP contribution >= 0.6 is 27.3 Å². The van der Waals surface area contributed by atoms with Gasteiger partial charge in [0.15, 0.2) is 4.67 Å². The largest absolute Gasteiger partial charge is 0.481 e. The van der Waals surface area contributed by atoms with Gasteiger partial charge in [0.2, 0.25) is 5.91 Å². The van der Waals surface area contributed by atoms with Gasteiger partial charge in [-0.3, -0.25) is 9.59 Å².